The van der Waals surface area contributed by atoms with Crippen LogP contribution in [0.5, 0.6) is 0 Å². The molecule has 0 rings (SSSR count). The molecule has 0 aromatic rings. The van der Waals surface area contributed by atoms with E-state index in [1.54, 1.807) is 0 Å². The van der Waals surface area contributed by atoms with Gasteiger partial charge in [-0.15, -0.1) is 0 Å². The number of hydrogen-bond donors (Lipinski definition) is 4. The number of carbonyl (C=O) groups is 2. The summed E-state index contributed by atoms with van der Waals surface area (Å²) < 4.78 is 4.92. The standard InChI is InChI=1S/C10H21N3O4/c1-11-4-3-5-12-10(16)13-7-8(17-2)6-9(14)15/h8,11H,3-7H2,1-2H3,(H,14,15)(H2,12,13,16). The molecule has 1 unspecified atom stereocenters. The number of methoxy groups -OCH3 is 1. The average molecular weight is 247 g/mol. The van der Waals surface area contributed by atoms with Crippen molar-refractivity contribution in [1.82, 2.24) is 16.0 Å². The molecule has 0 saturated carbocycles. The van der Waals surface area contributed by atoms with Crippen LogP contribution in [0.3, 0.4) is 0 Å². The van der Waals surface area contributed by atoms with Gasteiger partial charge in [0.15, 0.2) is 0 Å². The monoisotopic (exact) mass is 247 g/mol. The Hall–Kier alpha value is -1.34. The smallest absolute Gasteiger partial charge is 0.314 e. The van der Waals surface area contributed by atoms with Gasteiger partial charge in [-0.3, -0.25) is 4.79 Å². The molecule has 0 aliphatic heterocycles. The number of carboxylic acid groups (broad SMARTS) is 1. The Morgan fingerprint density at radius 1 is 1.29 bits per heavy atom. The van der Waals surface area contributed by atoms with Crippen molar-refractivity contribution in [3.8, 4) is 0 Å². The zero-order valence-electron chi connectivity index (χ0n) is 10.3. The van der Waals surface area contributed by atoms with Gasteiger partial charge in [-0.1, -0.05) is 0 Å². The second-order valence-corrected chi connectivity index (χ2v) is 3.55. The minimum atomic E-state index is -0.951. The lowest BCUT2D eigenvalue weighted by Crippen LogP contribution is -2.41. The molecule has 0 aliphatic carbocycles. The third-order valence-corrected chi connectivity index (χ3v) is 2.12. The topological polar surface area (TPSA) is 99.7 Å². The fourth-order valence-corrected chi connectivity index (χ4v) is 1.17. The lowest BCUT2D eigenvalue weighted by molar-refractivity contribution is -0.139. The van der Waals surface area contributed by atoms with E-state index >= 15 is 0 Å². The minimum absolute atomic E-state index is 0.128. The van der Waals surface area contributed by atoms with Crippen LogP contribution in [0.15, 0.2) is 0 Å². The first-order chi connectivity index (χ1) is 8.10. The summed E-state index contributed by atoms with van der Waals surface area (Å²) in [5.41, 5.74) is 0. The van der Waals surface area contributed by atoms with E-state index in [9.17, 15) is 9.59 Å². The SMILES string of the molecule is CNCCCNC(=O)NCC(CC(=O)O)OC. The Balaban J connectivity index is 3.62. The van der Waals surface area contributed by atoms with Crippen LogP contribution in [0.1, 0.15) is 12.8 Å². The maximum absolute atomic E-state index is 11.3. The van der Waals surface area contributed by atoms with E-state index in [1.165, 1.54) is 7.11 Å². The summed E-state index contributed by atoms with van der Waals surface area (Å²) >= 11 is 0. The molecule has 0 aromatic carbocycles. The van der Waals surface area contributed by atoms with Crippen LogP contribution in [0.4, 0.5) is 4.79 Å². The van der Waals surface area contributed by atoms with Gasteiger partial charge in [0, 0.05) is 20.2 Å². The van der Waals surface area contributed by atoms with Gasteiger partial charge >= 0.3 is 12.0 Å². The lowest BCUT2D eigenvalue weighted by atomic mass is 10.2. The Morgan fingerprint density at radius 3 is 2.53 bits per heavy atom. The molecular formula is C10H21N3O4. The molecule has 0 radical (unpaired) electrons. The van der Waals surface area contributed by atoms with Gasteiger partial charge in [-0.25, -0.2) is 4.79 Å². The average Bonchev–Trinajstić information content (AvgIpc) is 2.29. The third-order valence-electron chi connectivity index (χ3n) is 2.12. The fourth-order valence-electron chi connectivity index (χ4n) is 1.17. The van der Waals surface area contributed by atoms with Crippen molar-refractivity contribution in [3.63, 3.8) is 0 Å². The molecule has 0 aromatic heterocycles. The van der Waals surface area contributed by atoms with Crippen molar-refractivity contribution in [3.05, 3.63) is 0 Å². The maximum atomic E-state index is 11.3. The first kappa shape index (κ1) is 15.7. The van der Waals surface area contributed by atoms with Crippen LogP contribution in [-0.2, 0) is 9.53 Å². The zero-order chi connectivity index (χ0) is 13.1. The Labute approximate surface area is 101 Å². The zero-order valence-corrected chi connectivity index (χ0v) is 10.3. The molecular weight excluding hydrogens is 226 g/mol. The predicted molar refractivity (Wildman–Crippen MR) is 63.0 cm³/mol. The van der Waals surface area contributed by atoms with Crippen LogP contribution in [0, 0.1) is 0 Å². The highest BCUT2D eigenvalue weighted by molar-refractivity contribution is 5.74. The largest absolute Gasteiger partial charge is 0.481 e. The molecule has 17 heavy (non-hydrogen) atoms. The molecule has 0 fully saturated rings. The second kappa shape index (κ2) is 9.86. The summed E-state index contributed by atoms with van der Waals surface area (Å²) in [5.74, 6) is -0.951. The van der Waals surface area contributed by atoms with Gasteiger partial charge in [-0.05, 0) is 20.0 Å². The van der Waals surface area contributed by atoms with Gasteiger partial charge in [-0.2, -0.15) is 0 Å². The number of urea groups is 1. The van der Waals surface area contributed by atoms with Crippen molar-refractivity contribution < 1.29 is 19.4 Å². The first-order valence-electron chi connectivity index (χ1n) is 5.51. The summed E-state index contributed by atoms with van der Waals surface area (Å²) in [6.45, 7) is 1.59. The highest BCUT2D eigenvalue weighted by atomic mass is 16.5. The van der Waals surface area contributed by atoms with E-state index in [-0.39, 0.29) is 19.0 Å². The summed E-state index contributed by atoms with van der Waals surface area (Å²) in [6, 6.07) is -0.312. The molecule has 4 N–H and O–H groups in total. The van der Waals surface area contributed by atoms with Gasteiger partial charge in [0.25, 0.3) is 0 Å². The van der Waals surface area contributed by atoms with E-state index in [0.717, 1.165) is 13.0 Å². The maximum Gasteiger partial charge on any atom is 0.314 e. The van der Waals surface area contributed by atoms with E-state index in [0.29, 0.717) is 6.54 Å². The van der Waals surface area contributed by atoms with Gasteiger partial charge in [0.2, 0.25) is 0 Å². The summed E-state index contributed by atoms with van der Waals surface area (Å²) in [7, 11) is 3.26. The number of aliphatic carboxylic acids is 1. The Bertz CT molecular complexity index is 236. The first-order valence-corrected chi connectivity index (χ1v) is 5.51. The lowest BCUT2D eigenvalue weighted by Gasteiger charge is -2.14. The number of hydrogen-bond acceptors (Lipinski definition) is 4. The third kappa shape index (κ3) is 9.58. The van der Waals surface area contributed by atoms with Crippen molar-refractivity contribution in [2.24, 2.45) is 0 Å². The molecule has 1 atom stereocenters. The van der Waals surface area contributed by atoms with Crippen molar-refractivity contribution in [1.29, 1.82) is 0 Å². The fraction of sp³-hybridized carbons (Fsp3) is 0.800. The van der Waals surface area contributed by atoms with E-state index in [4.69, 9.17) is 9.84 Å². The molecule has 0 spiro atoms. The van der Waals surface area contributed by atoms with Crippen LogP contribution in [0.25, 0.3) is 0 Å². The van der Waals surface area contributed by atoms with E-state index in [1.807, 2.05) is 7.05 Å². The van der Waals surface area contributed by atoms with E-state index < -0.39 is 12.1 Å². The molecule has 0 heterocycles. The number of ether oxygens (including phenoxy) is 1. The van der Waals surface area contributed by atoms with Gasteiger partial charge in [0.05, 0.1) is 12.5 Å². The summed E-state index contributed by atoms with van der Waals surface area (Å²) in [4.78, 5) is 21.7. The number of amides is 2. The Kier molecular flexibility index (Phi) is 9.08. The Morgan fingerprint density at radius 2 is 2.00 bits per heavy atom. The van der Waals surface area contributed by atoms with Crippen molar-refractivity contribution in [2.75, 3.05) is 33.8 Å². The van der Waals surface area contributed by atoms with Crippen molar-refractivity contribution >= 4 is 12.0 Å². The number of carboxylic acids is 1. The van der Waals surface area contributed by atoms with Crippen LogP contribution >= 0.6 is 0 Å². The number of nitrogens with one attached hydrogen (secondary N) is 3. The molecule has 7 heteroatoms. The molecule has 2 amide bonds. The number of carbonyl (C=O) groups excluding carboxylic acids is 1. The minimum Gasteiger partial charge on any atom is -0.481 e. The van der Waals surface area contributed by atoms with Gasteiger partial charge in [0.1, 0.15) is 0 Å². The normalized spacial score (nSPS) is 11.9. The van der Waals surface area contributed by atoms with Crippen LogP contribution in [0.2, 0.25) is 0 Å². The van der Waals surface area contributed by atoms with Crippen LogP contribution < -0.4 is 16.0 Å². The molecule has 0 saturated heterocycles. The molecule has 0 aliphatic rings. The van der Waals surface area contributed by atoms with E-state index in [2.05, 4.69) is 16.0 Å². The molecule has 7 nitrogen and oxygen atoms in total. The molecule has 100 valence electrons. The predicted octanol–water partition coefficient (Wildman–Crippen LogP) is -0.615. The van der Waals surface area contributed by atoms with Crippen LogP contribution in [-0.4, -0.2) is 57.0 Å². The summed E-state index contributed by atoms with van der Waals surface area (Å²) in [5, 5.41) is 16.7. The number of rotatable bonds is 9. The quantitative estimate of drug-likeness (QED) is 0.407. The highest BCUT2D eigenvalue weighted by Crippen LogP contribution is 1.95. The second-order valence-electron chi connectivity index (χ2n) is 3.55. The molecule has 0 bridgehead atoms. The summed E-state index contributed by atoms with van der Waals surface area (Å²) in [6.07, 6.45) is 0.207. The van der Waals surface area contributed by atoms with Gasteiger partial charge < -0.3 is 25.8 Å². The highest BCUT2D eigenvalue weighted by Gasteiger charge is 2.12. The van der Waals surface area contributed by atoms with Crippen molar-refractivity contribution in [2.45, 2.75) is 18.9 Å².